The van der Waals surface area contributed by atoms with E-state index >= 15 is 0 Å². The van der Waals surface area contributed by atoms with Crippen LogP contribution in [-0.4, -0.2) is 41.6 Å². The van der Waals surface area contributed by atoms with Crippen molar-refractivity contribution in [3.63, 3.8) is 0 Å². The SMILES string of the molecule is O=C(NCC1Cc2cc(Cl)cc(-c3ncccn3)c2O1)c1ccc(N2CCCC2)cc1. The number of carbonyl (C=O) groups is 1. The number of carbonyl (C=O) groups excluding carboxylic acids is 1. The van der Waals surface area contributed by atoms with E-state index in [0.717, 1.165) is 30.0 Å². The van der Waals surface area contributed by atoms with Crippen molar-refractivity contribution in [3.8, 4) is 17.1 Å². The molecule has 3 heterocycles. The summed E-state index contributed by atoms with van der Waals surface area (Å²) in [5.74, 6) is 1.21. The normalized spacial score (nSPS) is 17.3. The van der Waals surface area contributed by atoms with Gasteiger partial charge in [0.1, 0.15) is 11.9 Å². The summed E-state index contributed by atoms with van der Waals surface area (Å²) >= 11 is 6.31. The lowest BCUT2D eigenvalue weighted by molar-refractivity contribution is 0.0933. The highest BCUT2D eigenvalue weighted by Crippen LogP contribution is 2.39. The summed E-state index contributed by atoms with van der Waals surface area (Å²) in [7, 11) is 0. The zero-order valence-electron chi connectivity index (χ0n) is 17.1. The van der Waals surface area contributed by atoms with E-state index in [1.807, 2.05) is 36.4 Å². The Hall–Kier alpha value is -3.12. The van der Waals surface area contributed by atoms with E-state index < -0.39 is 0 Å². The fourth-order valence-corrected chi connectivity index (χ4v) is 4.46. The van der Waals surface area contributed by atoms with E-state index in [4.69, 9.17) is 16.3 Å². The Morgan fingerprint density at radius 3 is 2.61 bits per heavy atom. The lowest BCUT2D eigenvalue weighted by Crippen LogP contribution is -2.34. The molecule has 2 aliphatic rings. The van der Waals surface area contributed by atoms with Crippen LogP contribution in [0, 0.1) is 0 Å². The molecule has 3 aromatic rings. The predicted octanol–water partition coefficient (Wildman–Crippen LogP) is 4.13. The van der Waals surface area contributed by atoms with Crippen molar-refractivity contribution < 1.29 is 9.53 Å². The predicted molar refractivity (Wildman–Crippen MR) is 121 cm³/mol. The minimum Gasteiger partial charge on any atom is -0.487 e. The van der Waals surface area contributed by atoms with Crippen LogP contribution in [0.15, 0.2) is 54.9 Å². The van der Waals surface area contributed by atoms with Crippen LogP contribution in [0.25, 0.3) is 11.4 Å². The van der Waals surface area contributed by atoms with Crippen LogP contribution >= 0.6 is 11.6 Å². The van der Waals surface area contributed by atoms with Gasteiger partial charge < -0.3 is 15.0 Å². The number of anilines is 1. The Morgan fingerprint density at radius 1 is 1.13 bits per heavy atom. The highest BCUT2D eigenvalue weighted by atomic mass is 35.5. The number of hydrogen-bond acceptors (Lipinski definition) is 5. The molecule has 1 atom stereocenters. The summed E-state index contributed by atoms with van der Waals surface area (Å²) in [5, 5.41) is 3.61. The molecule has 2 aromatic carbocycles. The molecule has 1 unspecified atom stereocenters. The molecule has 1 amide bonds. The molecular formula is C24H23ClN4O2. The Morgan fingerprint density at radius 2 is 1.87 bits per heavy atom. The van der Waals surface area contributed by atoms with Gasteiger partial charge in [-0.15, -0.1) is 0 Å². The highest BCUT2D eigenvalue weighted by Gasteiger charge is 2.28. The third-order valence-electron chi connectivity index (χ3n) is 5.76. The Balaban J connectivity index is 1.24. The van der Waals surface area contributed by atoms with E-state index in [1.54, 1.807) is 18.5 Å². The van der Waals surface area contributed by atoms with Crippen molar-refractivity contribution in [3.05, 3.63) is 71.0 Å². The van der Waals surface area contributed by atoms with Gasteiger partial charge in [0, 0.05) is 53.7 Å². The molecule has 158 valence electrons. The second-order valence-corrected chi connectivity index (χ2v) is 8.35. The summed E-state index contributed by atoms with van der Waals surface area (Å²) < 4.78 is 6.16. The third-order valence-corrected chi connectivity index (χ3v) is 5.98. The van der Waals surface area contributed by atoms with Crippen molar-refractivity contribution >= 4 is 23.2 Å². The standard InChI is InChI=1S/C24H23ClN4O2/c25-18-12-17-13-20(31-22(17)21(14-18)23-26-8-3-9-27-23)15-28-24(30)16-4-6-19(7-5-16)29-10-1-2-11-29/h3-9,12,14,20H,1-2,10-11,13,15H2,(H,28,30). The minimum absolute atomic E-state index is 0.0998. The van der Waals surface area contributed by atoms with Crippen molar-refractivity contribution in [1.82, 2.24) is 15.3 Å². The van der Waals surface area contributed by atoms with Crippen molar-refractivity contribution in [2.45, 2.75) is 25.4 Å². The molecule has 6 nitrogen and oxygen atoms in total. The minimum atomic E-state index is -0.163. The number of nitrogens with one attached hydrogen (secondary N) is 1. The maximum absolute atomic E-state index is 12.6. The molecular weight excluding hydrogens is 412 g/mol. The fourth-order valence-electron chi connectivity index (χ4n) is 4.22. The van der Waals surface area contributed by atoms with Crippen LogP contribution in [0.4, 0.5) is 5.69 Å². The van der Waals surface area contributed by atoms with Crippen LogP contribution in [-0.2, 0) is 6.42 Å². The Bertz CT molecular complexity index is 1080. The van der Waals surface area contributed by atoms with Gasteiger partial charge >= 0.3 is 0 Å². The third kappa shape index (κ3) is 4.21. The van der Waals surface area contributed by atoms with Crippen LogP contribution in [0.2, 0.25) is 5.02 Å². The molecule has 7 heteroatoms. The van der Waals surface area contributed by atoms with E-state index in [1.165, 1.54) is 18.5 Å². The van der Waals surface area contributed by atoms with E-state index in [0.29, 0.717) is 29.4 Å². The second kappa shape index (κ2) is 8.55. The summed E-state index contributed by atoms with van der Waals surface area (Å²) in [6.07, 6.45) is 6.35. The smallest absolute Gasteiger partial charge is 0.251 e. The zero-order chi connectivity index (χ0) is 21.2. The van der Waals surface area contributed by atoms with Gasteiger partial charge in [0.05, 0.1) is 12.1 Å². The first-order chi connectivity index (χ1) is 15.2. The molecule has 2 aliphatic heterocycles. The van der Waals surface area contributed by atoms with Crippen LogP contribution in [0.3, 0.4) is 0 Å². The van der Waals surface area contributed by atoms with E-state index in [-0.39, 0.29) is 12.0 Å². The molecule has 0 saturated carbocycles. The van der Waals surface area contributed by atoms with Gasteiger partial charge in [-0.25, -0.2) is 9.97 Å². The number of benzene rings is 2. The molecule has 5 rings (SSSR count). The van der Waals surface area contributed by atoms with Gasteiger partial charge in [-0.05, 0) is 55.3 Å². The maximum Gasteiger partial charge on any atom is 0.251 e. The number of halogens is 1. The molecule has 1 aromatic heterocycles. The summed E-state index contributed by atoms with van der Waals surface area (Å²) in [5.41, 5.74) is 3.61. The second-order valence-electron chi connectivity index (χ2n) is 7.91. The topological polar surface area (TPSA) is 67.3 Å². The van der Waals surface area contributed by atoms with Gasteiger partial charge in [-0.2, -0.15) is 0 Å². The summed E-state index contributed by atoms with van der Waals surface area (Å²) in [6, 6.07) is 13.3. The van der Waals surface area contributed by atoms with E-state index in [2.05, 4.69) is 20.2 Å². The molecule has 0 radical (unpaired) electrons. The van der Waals surface area contributed by atoms with Gasteiger partial charge in [0.2, 0.25) is 0 Å². The maximum atomic E-state index is 12.6. The van der Waals surface area contributed by atoms with Crippen molar-refractivity contribution in [1.29, 1.82) is 0 Å². The van der Waals surface area contributed by atoms with Crippen LogP contribution < -0.4 is 15.0 Å². The molecule has 0 spiro atoms. The number of nitrogens with zero attached hydrogens (tertiary/aromatic N) is 3. The van der Waals surface area contributed by atoms with Gasteiger partial charge in [0.15, 0.2) is 5.82 Å². The quantitative estimate of drug-likeness (QED) is 0.654. The first-order valence-corrected chi connectivity index (χ1v) is 10.9. The Kier molecular flexibility index (Phi) is 5.47. The summed E-state index contributed by atoms with van der Waals surface area (Å²) in [4.78, 5) is 23.6. The lowest BCUT2D eigenvalue weighted by Gasteiger charge is -2.18. The fraction of sp³-hybridized carbons (Fsp3) is 0.292. The van der Waals surface area contributed by atoms with Crippen molar-refractivity contribution in [2.75, 3.05) is 24.5 Å². The number of aromatic nitrogens is 2. The van der Waals surface area contributed by atoms with E-state index in [9.17, 15) is 4.79 Å². The Labute approximate surface area is 186 Å². The first-order valence-electron chi connectivity index (χ1n) is 10.6. The molecule has 0 aliphatic carbocycles. The van der Waals surface area contributed by atoms with Crippen molar-refractivity contribution in [2.24, 2.45) is 0 Å². The van der Waals surface area contributed by atoms with Gasteiger partial charge in [0.25, 0.3) is 5.91 Å². The number of ether oxygens (including phenoxy) is 1. The average Bonchev–Trinajstić information content (AvgIpc) is 3.48. The first kappa shape index (κ1) is 19.8. The largest absolute Gasteiger partial charge is 0.487 e. The number of fused-ring (bicyclic) bond motifs is 1. The molecule has 1 N–H and O–H groups in total. The van der Waals surface area contributed by atoms with Crippen LogP contribution in [0.5, 0.6) is 5.75 Å². The molecule has 1 fully saturated rings. The number of hydrogen-bond donors (Lipinski definition) is 1. The lowest BCUT2D eigenvalue weighted by atomic mass is 10.1. The summed E-state index contributed by atoms with van der Waals surface area (Å²) in [6.45, 7) is 2.59. The zero-order valence-corrected chi connectivity index (χ0v) is 17.8. The van der Waals surface area contributed by atoms with Gasteiger partial charge in [-0.1, -0.05) is 11.6 Å². The average molecular weight is 435 g/mol. The monoisotopic (exact) mass is 434 g/mol. The van der Waals surface area contributed by atoms with Crippen LogP contribution in [0.1, 0.15) is 28.8 Å². The number of amides is 1. The molecule has 1 saturated heterocycles. The highest BCUT2D eigenvalue weighted by molar-refractivity contribution is 6.31. The molecule has 31 heavy (non-hydrogen) atoms. The molecule has 0 bridgehead atoms. The number of rotatable bonds is 5. The van der Waals surface area contributed by atoms with Gasteiger partial charge in [-0.3, -0.25) is 4.79 Å².